The summed E-state index contributed by atoms with van der Waals surface area (Å²) in [6.45, 7) is 1.14. The molecule has 3 nitrogen and oxygen atoms in total. The minimum absolute atomic E-state index is 0.0814. The molecule has 0 saturated heterocycles. The lowest BCUT2D eigenvalue weighted by atomic mass is 10.1. The molecule has 1 aromatic carbocycles. The highest BCUT2D eigenvalue weighted by Crippen LogP contribution is 2.38. The van der Waals surface area contributed by atoms with Gasteiger partial charge in [0.15, 0.2) is 0 Å². The van der Waals surface area contributed by atoms with Gasteiger partial charge in [-0.1, -0.05) is 0 Å². The van der Waals surface area contributed by atoms with Crippen molar-refractivity contribution in [3.63, 3.8) is 0 Å². The Morgan fingerprint density at radius 3 is 2.65 bits per heavy atom. The maximum atomic E-state index is 13.6. The number of rotatable bonds is 3. The highest BCUT2D eigenvalue weighted by Gasteiger charge is 2.46. The Kier molecular flexibility index (Phi) is 4.03. The maximum Gasteiger partial charge on any atom is 0.382 e. The van der Waals surface area contributed by atoms with Crippen molar-refractivity contribution in [1.29, 1.82) is 0 Å². The van der Waals surface area contributed by atoms with Gasteiger partial charge in [-0.05, 0) is 35.0 Å². The van der Waals surface area contributed by atoms with Crippen molar-refractivity contribution < 1.29 is 22.7 Å². The van der Waals surface area contributed by atoms with Crippen molar-refractivity contribution in [2.45, 2.75) is 12.8 Å². The molecule has 0 atom stereocenters. The van der Waals surface area contributed by atoms with Gasteiger partial charge in [-0.3, -0.25) is 0 Å². The van der Waals surface area contributed by atoms with Crippen LogP contribution in [0.5, 0.6) is 0 Å². The molecule has 7 heteroatoms. The third kappa shape index (κ3) is 2.54. The summed E-state index contributed by atoms with van der Waals surface area (Å²) >= 11 is 2.88. The summed E-state index contributed by atoms with van der Waals surface area (Å²) in [6.07, 6.45) is 0. The standard InChI is InChI=1S/C10H9BrF3NO2/c1-2-17-9(16)10(13,14)7-6(12)4-3-5(11)8(7)15/h3-4H,2,15H2,1H3. The molecule has 17 heavy (non-hydrogen) atoms. The van der Waals surface area contributed by atoms with E-state index in [0.717, 1.165) is 6.07 Å². The number of esters is 1. The number of hydrogen-bond donors (Lipinski definition) is 1. The summed E-state index contributed by atoms with van der Waals surface area (Å²) < 4.78 is 44.8. The maximum absolute atomic E-state index is 13.6. The largest absolute Gasteiger partial charge is 0.461 e. The summed E-state index contributed by atoms with van der Waals surface area (Å²) in [4.78, 5) is 11.1. The Labute approximate surface area is 104 Å². The van der Waals surface area contributed by atoms with Gasteiger partial charge >= 0.3 is 11.9 Å². The number of ether oxygens (including phenoxy) is 1. The molecule has 1 aromatic rings. The lowest BCUT2D eigenvalue weighted by molar-refractivity contribution is -0.173. The van der Waals surface area contributed by atoms with Crippen molar-refractivity contribution in [2.24, 2.45) is 0 Å². The SMILES string of the molecule is CCOC(=O)C(F)(F)c1c(F)ccc(Br)c1N. The average molecular weight is 312 g/mol. The molecule has 0 amide bonds. The molecule has 0 heterocycles. The number of alkyl halides is 2. The first kappa shape index (κ1) is 13.8. The van der Waals surface area contributed by atoms with Crippen LogP contribution in [0, 0.1) is 5.82 Å². The summed E-state index contributed by atoms with van der Waals surface area (Å²) in [5, 5.41) is 0. The van der Waals surface area contributed by atoms with Crippen LogP contribution in [0.4, 0.5) is 18.9 Å². The van der Waals surface area contributed by atoms with Crippen LogP contribution in [-0.4, -0.2) is 12.6 Å². The number of nitrogen functional groups attached to an aromatic ring is 1. The van der Waals surface area contributed by atoms with Crippen molar-refractivity contribution in [1.82, 2.24) is 0 Å². The van der Waals surface area contributed by atoms with E-state index in [2.05, 4.69) is 20.7 Å². The molecule has 0 radical (unpaired) electrons. The molecule has 0 aliphatic rings. The minimum Gasteiger partial charge on any atom is -0.461 e. The second-order valence-corrected chi connectivity index (χ2v) is 3.97. The van der Waals surface area contributed by atoms with Gasteiger partial charge in [-0.2, -0.15) is 8.78 Å². The van der Waals surface area contributed by atoms with E-state index in [0.29, 0.717) is 0 Å². The normalized spacial score (nSPS) is 11.4. The van der Waals surface area contributed by atoms with Gasteiger partial charge in [0.25, 0.3) is 0 Å². The first-order valence-corrected chi connectivity index (χ1v) is 5.40. The highest BCUT2D eigenvalue weighted by molar-refractivity contribution is 9.10. The van der Waals surface area contributed by atoms with Gasteiger partial charge in [-0.15, -0.1) is 0 Å². The molecule has 0 saturated carbocycles. The van der Waals surface area contributed by atoms with Crippen LogP contribution >= 0.6 is 15.9 Å². The van der Waals surface area contributed by atoms with Gasteiger partial charge < -0.3 is 10.5 Å². The molecule has 1 rings (SSSR count). The highest BCUT2D eigenvalue weighted by atomic mass is 79.9. The van der Waals surface area contributed by atoms with E-state index in [-0.39, 0.29) is 11.1 Å². The second kappa shape index (κ2) is 4.95. The van der Waals surface area contributed by atoms with Crippen molar-refractivity contribution in [3.05, 3.63) is 28.0 Å². The second-order valence-electron chi connectivity index (χ2n) is 3.11. The third-order valence-corrected chi connectivity index (χ3v) is 2.68. The zero-order chi connectivity index (χ0) is 13.2. The minimum atomic E-state index is -4.12. The lowest BCUT2D eigenvalue weighted by Gasteiger charge is -2.18. The van der Waals surface area contributed by atoms with E-state index in [1.54, 1.807) is 0 Å². The van der Waals surface area contributed by atoms with Gasteiger partial charge in [0.2, 0.25) is 0 Å². The van der Waals surface area contributed by atoms with Crippen LogP contribution in [0.25, 0.3) is 0 Å². The van der Waals surface area contributed by atoms with Crippen LogP contribution in [0.2, 0.25) is 0 Å². The van der Waals surface area contributed by atoms with Crippen molar-refractivity contribution in [2.75, 3.05) is 12.3 Å². The fourth-order valence-electron chi connectivity index (χ4n) is 1.21. The molecule has 2 N–H and O–H groups in total. The number of benzene rings is 1. The Hall–Kier alpha value is -1.24. The van der Waals surface area contributed by atoms with E-state index >= 15 is 0 Å². The van der Waals surface area contributed by atoms with Crippen molar-refractivity contribution >= 4 is 27.6 Å². The van der Waals surface area contributed by atoms with Crippen LogP contribution < -0.4 is 5.73 Å². The van der Waals surface area contributed by atoms with Gasteiger partial charge in [-0.25, -0.2) is 9.18 Å². The first-order chi connectivity index (χ1) is 7.82. The Balaban J connectivity index is 3.32. The fourth-order valence-corrected chi connectivity index (χ4v) is 1.54. The molecular formula is C10H9BrF3NO2. The average Bonchev–Trinajstić information content (AvgIpc) is 2.24. The van der Waals surface area contributed by atoms with Gasteiger partial charge in [0, 0.05) is 4.47 Å². The smallest absolute Gasteiger partial charge is 0.382 e. The van der Waals surface area contributed by atoms with Crippen LogP contribution in [0.15, 0.2) is 16.6 Å². The number of halogens is 4. The van der Waals surface area contributed by atoms with E-state index in [9.17, 15) is 18.0 Å². The predicted molar refractivity (Wildman–Crippen MR) is 59.0 cm³/mol. The Bertz CT molecular complexity index is 451. The van der Waals surface area contributed by atoms with E-state index < -0.39 is 29.0 Å². The number of nitrogens with two attached hydrogens (primary N) is 1. The third-order valence-electron chi connectivity index (χ3n) is 1.99. The van der Waals surface area contributed by atoms with Crippen LogP contribution in [0.3, 0.4) is 0 Å². The molecule has 0 aliphatic carbocycles. The lowest BCUT2D eigenvalue weighted by Crippen LogP contribution is -2.30. The number of anilines is 1. The van der Waals surface area contributed by atoms with E-state index in [4.69, 9.17) is 5.73 Å². The topological polar surface area (TPSA) is 52.3 Å². The monoisotopic (exact) mass is 311 g/mol. The molecule has 0 fully saturated rings. The van der Waals surface area contributed by atoms with E-state index in [1.807, 2.05) is 0 Å². The van der Waals surface area contributed by atoms with Crippen LogP contribution in [-0.2, 0) is 15.5 Å². The number of hydrogen-bond acceptors (Lipinski definition) is 3. The quantitative estimate of drug-likeness (QED) is 0.690. The van der Waals surface area contributed by atoms with Crippen molar-refractivity contribution in [3.8, 4) is 0 Å². The van der Waals surface area contributed by atoms with Crippen LogP contribution in [0.1, 0.15) is 12.5 Å². The van der Waals surface area contributed by atoms with Gasteiger partial charge in [0.05, 0.1) is 17.9 Å². The molecule has 0 bridgehead atoms. The van der Waals surface area contributed by atoms with Gasteiger partial charge in [0.1, 0.15) is 5.82 Å². The number of carbonyl (C=O) groups excluding carboxylic acids is 1. The first-order valence-electron chi connectivity index (χ1n) is 4.61. The van der Waals surface area contributed by atoms with E-state index in [1.165, 1.54) is 13.0 Å². The summed E-state index contributed by atoms with van der Waals surface area (Å²) in [5.41, 5.74) is 3.63. The fraction of sp³-hybridized carbons (Fsp3) is 0.300. The zero-order valence-electron chi connectivity index (χ0n) is 8.77. The Morgan fingerprint density at radius 1 is 1.53 bits per heavy atom. The predicted octanol–water partition coefficient (Wildman–Crippen LogP) is 2.83. The summed E-state index contributed by atoms with van der Waals surface area (Å²) in [6, 6.07) is 1.97. The Morgan fingerprint density at radius 2 is 2.12 bits per heavy atom. The summed E-state index contributed by atoms with van der Waals surface area (Å²) in [5.74, 6) is -7.21. The molecule has 0 aromatic heterocycles. The molecule has 0 aliphatic heterocycles. The zero-order valence-corrected chi connectivity index (χ0v) is 10.4. The molecule has 0 spiro atoms. The molecule has 94 valence electrons. The summed E-state index contributed by atoms with van der Waals surface area (Å²) in [7, 11) is 0. The number of carbonyl (C=O) groups is 1. The molecule has 0 unspecified atom stereocenters. The molecular weight excluding hydrogens is 303 g/mol.